The Hall–Kier alpha value is -0.990. The molecule has 0 aliphatic heterocycles. The van der Waals surface area contributed by atoms with Gasteiger partial charge in [0.05, 0.1) is 5.75 Å². The van der Waals surface area contributed by atoms with E-state index in [2.05, 4.69) is 20.2 Å². The summed E-state index contributed by atoms with van der Waals surface area (Å²) in [6.07, 6.45) is 1.04. The van der Waals surface area contributed by atoms with Gasteiger partial charge in [0.25, 0.3) is 0 Å². The minimum atomic E-state index is -3.20. The first-order chi connectivity index (χ1) is 8.53. The van der Waals surface area contributed by atoms with Crippen molar-refractivity contribution in [1.29, 1.82) is 0 Å². The fraction of sp³-hybridized carbons (Fsp3) is 0.800. The Kier molecular flexibility index (Phi) is 6.23. The van der Waals surface area contributed by atoms with Crippen LogP contribution < -0.4 is 10.0 Å². The molecule has 0 spiro atoms. The van der Waals surface area contributed by atoms with Gasteiger partial charge in [-0.3, -0.25) is 0 Å². The van der Waals surface area contributed by atoms with Crippen LogP contribution in [0.4, 0.5) is 0 Å². The van der Waals surface area contributed by atoms with Crippen molar-refractivity contribution >= 4 is 10.0 Å². The van der Waals surface area contributed by atoms with Crippen molar-refractivity contribution in [3.63, 3.8) is 0 Å². The third kappa shape index (κ3) is 6.08. The smallest absolute Gasteiger partial charge is 0.223 e. The van der Waals surface area contributed by atoms with Gasteiger partial charge in [0.15, 0.2) is 5.82 Å². The van der Waals surface area contributed by atoms with Gasteiger partial charge in [-0.2, -0.15) is 4.98 Å². The van der Waals surface area contributed by atoms with E-state index in [0.29, 0.717) is 37.6 Å². The van der Waals surface area contributed by atoms with Gasteiger partial charge in [0.2, 0.25) is 15.9 Å². The molecule has 1 heterocycles. The Morgan fingerprint density at radius 3 is 2.72 bits per heavy atom. The monoisotopic (exact) mass is 276 g/mol. The fourth-order valence-corrected chi connectivity index (χ4v) is 2.48. The Balaban J connectivity index is 2.20. The Labute approximate surface area is 107 Å². The van der Waals surface area contributed by atoms with Crippen LogP contribution in [0.15, 0.2) is 4.52 Å². The zero-order chi connectivity index (χ0) is 13.4. The van der Waals surface area contributed by atoms with Crippen molar-refractivity contribution in [2.45, 2.75) is 26.7 Å². The summed E-state index contributed by atoms with van der Waals surface area (Å²) in [7, 11) is -3.20. The number of aromatic nitrogens is 2. The molecular weight excluding hydrogens is 256 g/mol. The molecule has 0 bridgehead atoms. The van der Waals surface area contributed by atoms with Gasteiger partial charge in [0, 0.05) is 19.9 Å². The molecule has 0 aliphatic carbocycles. The topological polar surface area (TPSA) is 97.1 Å². The first-order valence-corrected chi connectivity index (χ1v) is 7.66. The van der Waals surface area contributed by atoms with Gasteiger partial charge in [-0.05, 0) is 19.5 Å². The van der Waals surface area contributed by atoms with E-state index in [4.69, 9.17) is 4.52 Å². The number of aryl methyl sites for hydroxylation is 1. The van der Waals surface area contributed by atoms with E-state index in [1.807, 2.05) is 6.92 Å². The molecule has 2 N–H and O–H groups in total. The van der Waals surface area contributed by atoms with Crippen LogP contribution in [0, 0.1) is 6.92 Å². The molecule has 0 radical (unpaired) electrons. The molecule has 1 aromatic heterocycles. The molecule has 0 atom stereocenters. The molecule has 1 aromatic rings. The van der Waals surface area contributed by atoms with Crippen LogP contribution >= 0.6 is 0 Å². The van der Waals surface area contributed by atoms with Crippen molar-refractivity contribution in [2.24, 2.45) is 0 Å². The first kappa shape index (κ1) is 15.1. The highest BCUT2D eigenvalue weighted by atomic mass is 32.2. The van der Waals surface area contributed by atoms with E-state index < -0.39 is 10.0 Å². The van der Waals surface area contributed by atoms with Crippen LogP contribution in [0.25, 0.3) is 0 Å². The van der Waals surface area contributed by atoms with E-state index in [1.54, 1.807) is 6.92 Å². The minimum Gasteiger partial charge on any atom is -0.340 e. The summed E-state index contributed by atoms with van der Waals surface area (Å²) < 4.78 is 30.5. The summed E-state index contributed by atoms with van der Waals surface area (Å²) in [5.41, 5.74) is 0. The molecule has 0 unspecified atom stereocenters. The van der Waals surface area contributed by atoms with Crippen LogP contribution in [-0.4, -0.2) is 43.9 Å². The normalized spacial score (nSPS) is 11.9. The van der Waals surface area contributed by atoms with Gasteiger partial charge in [-0.15, -0.1) is 0 Å². The van der Waals surface area contributed by atoms with Crippen molar-refractivity contribution in [2.75, 3.05) is 25.4 Å². The zero-order valence-electron chi connectivity index (χ0n) is 10.8. The lowest BCUT2D eigenvalue weighted by atomic mass is 10.4. The number of rotatable bonds is 9. The Bertz CT molecular complexity index is 444. The SMILES string of the molecule is CCNCCCS(=O)(=O)NCCc1noc(C)n1. The van der Waals surface area contributed by atoms with E-state index in [9.17, 15) is 8.42 Å². The zero-order valence-corrected chi connectivity index (χ0v) is 11.6. The van der Waals surface area contributed by atoms with E-state index >= 15 is 0 Å². The standard InChI is InChI=1S/C10H20N4O3S/c1-3-11-6-4-8-18(15,16)12-7-5-10-13-9(2)17-14-10/h11-12H,3-8H2,1-2H3. The summed E-state index contributed by atoms with van der Waals surface area (Å²) >= 11 is 0. The number of hydrogen-bond acceptors (Lipinski definition) is 6. The van der Waals surface area contributed by atoms with Gasteiger partial charge < -0.3 is 9.84 Å². The molecule has 7 nitrogen and oxygen atoms in total. The van der Waals surface area contributed by atoms with Gasteiger partial charge in [-0.1, -0.05) is 12.1 Å². The Morgan fingerprint density at radius 2 is 2.11 bits per heavy atom. The second-order valence-corrected chi connectivity index (χ2v) is 5.83. The van der Waals surface area contributed by atoms with E-state index in [1.165, 1.54) is 0 Å². The third-order valence-electron chi connectivity index (χ3n) is 2.26. The number of nitrogens with zero attached hydrogens (tertiary/aromatic N) is 2. The van der Waals surface area contributed by atoms with E-state index in [0.717, 1.165) is 6.54 Å². The number of sulfonamides is 1. The summed E-state index contributed by atoms with van der Waals surface area (Å²) in [6.45, 7) is 5.54. The largest absolute Gasteiger partial charge is 0.340 e. The maximum atomic E-state index is 11.6. The van der Waals surface area contributed by atoms with Crippen LogP contribution in [0.5, 0.6) is 0 Å². The van der Waals surface area contributed by atoms with Crippen molar-refractivity contribution in [3.05, 3.63) is 11.7 Å². The van der Waals surface area contributed by atoms with Crippen molar-refractivity contribution in [3.8, 4) is 0 Å². The third-order valence-corrected chi connectivity index (χ3v) is 3.73. The molecule has 104 valence electrons. The van der Waals surface area contributed by atoms with Gasteiger partial charge in [-0.25, -0.2) is 13.1 Å². The highest BCUT2D eigenvalue weighted by Gasteiger charge is 2.10. The van der Waals surface area contributed by atoms with E-state index in [-0.39, 0.29) is 5.75 Å². The molecule has 1 rings (SSSR count). The van der Waals surface area contributed by atoms with Crippen LogP contribution in [-0.2, 0) is 16.4 Å². The summed E-state index contributed by atoms with van der Waals surface area (Å²) in [5, 5.41) is 6.77. The van der Waals surface area contributed by atoms with Crippen LogP contribution in [0.1, 0.15) is 25.1 Å². The summed E-state index contributed by atoms with van der Waals surface area (Å²) in [4.78, 5) is 3.99. The first-order valence-electron chi connectivity index (χ1n) is 6.00. The lowest BCUT2D eigenvalue weighted by molar-refractivity contribution is 0.387. The van der Waals surface area contributed by atoms with Crippen molar-refractivity contribution < 1.29 is 12.9 Å². The van der Waals surface area contributed by atoms with Gasteiger partial charge in [0.1, 0.15) is 0 Å². The number of nitrogens with one attached hydrogen (secondary N) is 2. The average Bonchev–Trinajstić information content (AvgIpc) is 2.70. The van der Waals surface area contributed by atoms with Crippen LogP contribution in [0.3, 0.4) is 0 Å². The Morgan fingerprint density at radius 1 is 1.33 bits per heavy atom. The molecule has 0 aliphatic rings. The maximum Gasteiger partial charge on any atom is 0.223 e. The quantitative estimate of drug-likeness (QED) is 0.608. The maximum absolute atomic E-state index is 11.6. The lowest BCUT2D eigenvalue weighted by Gasteiger charge is -2.05. The summed E-state index contributed by atoms with van der Waals surface area (Å²) in [6, 6.07) is 0. The second kappa shape index (κ2) is 7.45. The molecule has 0 amide bonds. The molecule has 8 heteroatoms. The molecular formula is C10H20N4O3S. The second-order valence-electron chi connectivity index (χ2n) is 3.90. The predicted octanol–water partition coefficient (Wildman–Crippen LogP) is -0.160. The molecule has 0 fully saturated rings. The van der Waals surface area contributed by atoms with Gasteiger partial charge >= 0.3 is 0 Å². The molecule has 0 aromatic carbocycles. The molecule has 18 heavy (non-hydrogen) atoms. The van der Waals surface area contributed by atoms with Crippen molar-refractivity contribution in [1.82, 2.24) is 20.2 Å². The molecule has 0 saturated carbocycles. The predicted molar refractivity (Wildman–Crippen MR) is 67.7 cm³/mol. The molecule has 0 saturated heterocycles. The summed E-state index contributed by atoms with van der Waals surface area (Å²) in [5.74, 6) is 1.13. The minimum absolute atomic E-state index is 0.130. The average molecular weight is 276 g/mol. The highest BCUT2D eigenvalue weighted by molar-refractivity contribution is 7.89. The highest BCUT2D eigenvalue weighted by Crippen LogP contribution is 1.96. The lowest BCUT2D eigenvalue weighted by Crippen LogP contribution is -2.30. The fourth-order valence-electron chi connectivity index (χ4n) is 1.40. The number of hydrogen-bond donors (Lipinski definition) is 2. The van der Waals surface area contributed by atoms with Crippen LogP contribution in [0.2, 0.25) is 0 Å².